The third-order valence-corrected chi connectivity index (χ3v) is 4.48. The first kappa shape index (κ1) is 13.8. The second-order valence-electron chi connectivity index (χ2n) is 6.21. The first-order chi connectivity index (χ1) is 9.69. The zero-order valence-corrected chi connectivity index (χ0v) is 12.0. The van der Waals surface area contributed by atoms with Gasteiger partial charge in [-0.1, -0.05) is 12.1 Å². The minimum atomic E-state index is -0.243. The third kappa shape index (κ3) is 2.81. The van der Waals surface area contributed by atoms with Gasteiger partial charge in [-0.05, 0) is 50.8 Å². The molecule has 1 aromatic carbocycles. The summed E-state index contributed by atoms with van der Waals surface area (Å²) in [6, 6.07) is 5.47. The van der Waals surface area contributed by atoms with Crippen molar-refractivity contribution in [3.8, 4) is 5.75 Å². The van der Waals surface area contributed by atoms with Crippen LogP contribution < -0.4 is 10.5 Å². The minimum absolute atomic E-state index is 0.216. The van der Waals surface area contributed by atoms with Crippen molar-refractivity contribution in [2.75, 3.05) is 26.7 Å². The third-order valence-electron chi connectivity index (χ3n) is 4.48. The lowest BCUT2D eigenvalue weighted by molar-refractivity contribution is 0.262. The average molecular weight is 278 g/mol. The maximum absolute atomic E-state index is 14.1. The number of hydrogen-bond acceptors (Lipinski definition) is 3. The van der Waals surface area contributed by atoms with Gasteiger partial charge in [-0.2, -0.15) is 0 Å². The van der Waals surface area contributed by atoms with Crippen molar-refractivity contribution in [3.63, 3.8) is 0 Å². The standard InChI is InChI=1S/C16H23FN2O/c1-19-9-12(8-18)7-15(19)13-3-2-4-14(17)16(13)20-10-11-5-6-11/h2-4,11-12,15H,5-10,18H2,1H3. The molecule has 0 bridgehead atoms. The fourth-order valence-electron chi connectivity index (χ4n) is 3.07. The predicted molar refractivity (Wildman–Crippen MR) is 77.2 cm³/mol. The molecule has 110 valence electrons. The van der Waals surface area contributed by atoms with Crippen molar-refractivity contribution in [2.24, 2.45) is 17.6 Å². The van der Waals surface area contributed by atoms with E-state index in [1.165, 1.54) is 18.9 Å². The van der Waals surface area contributed by atoms with Gasteiger partial charge in [0.2, 0.25) is 0 Å². The Morgan fingerprint density at radius 1 is 1.35 bits per heavy atom. The second kappa shape index (κ2) is 5.70. The summed E-state index contributed by atoms with van der Waals surface area (Å²) in [6.07, 6.45) is 3.40. The first-order valence-corrected chi connectivity index (χ1v) is 7.50. The van der Waals surface area contributed by atoms with E-state index in [2.05, 4.69) is 11.9 Å². The summed E-state index contributed by atoms with van der Waals surface area (Å²) < 4.78 is 19.9. The van der Waals surface area contributed by atoms with Gasteiger partial charge in [0.05, 0.1) is 6.61 Å². The summed E-state index contributed by atoms with van der Waals surface area (Å²) in [5.41, 5.74) is 6.75. The van der Waals surface area contributed by atoms with Gasteiger partial charge in [0, 0.05) is 18.2 Å². The summed E-state index contributed by atoms with van der Waals surface area (Å²) in [5, 5.41) is 0. The average Bonchev–Trinajstić information content (AvgIpc) is 3.19. The van der Waals surface area contributed by atoms with E-state index in [9.17, 15) is 4.39 Å². The normalized spacial score (nSPS) is 26.9. The quantitative estimate of drug-likeness (QED) is 0.899. The smallest absolute Gasteiger partial charge is 0.165 e. The second-order valence-corrected chi connectivity index (χ2v) is 6.21. The summed E-state index contributed by atoms with van der Waals surface area (Å²) in [6.45, 7) is 2.30. The molecule has 1 aliphatic carbocycles. The van der Waals surface area contributed by atoms with Crippen LogP contribution in [-0.2, 0) is 0 Å². The molecule has 1 aliphatic heterocycles. The molecule has 3 nitrogen and oxygen atoms in total. The van der Waals surface area contributed by atoms with E-state index in [0.717, 1.165) is 18.5 Å². The molecule has 0 amide bonds. The first-order valence-electron chi connectivity index (χ1n) is 7.50. The lowest BCUT2D eigenvalue weighted by Crippen LogP contribution is -2.21. The van der Waals surface area contributed by atoms with Gasteiger partial charge in [-0.3, -0.25) is 4.90 Å². The molecular weight excluding hydrogens is 255 g/mol. The number of para-hydroxylation sites is 1. The Morgan fingerprint density at radius 3 is 2.80 bits per heavy atom. The highest BCUT2D eigenvalue weighted by Gasteiger charge is 2.33. The Hall–Kier alpha value is -1.13. The number of hydrogen-bond donors (Lipinski definition) is 1. The highest BCUT2D eigenvalue weighted by atomic mass is 19.1. The summed E-state index contributed by atoms with van der Waals surface area (Å²) in [7, 11) is 2.08. The van der Waals surface area contributed by atoms with Crippen LogP contribution in [0.4, 0.5) is 4.39 Å². The van der Waals surface area contributed by atoms with E-state index in [1.54, 1.807) is 6.07 Å². The molecule has 1 saturated heterocycles. The molecular formula is C16H23FN2O. The number of ether oxygens (including phenoxy) is 1. The topological polar surface area (TPSA) is 38.5 Å². The fraction of sp³-hybridized carbons (Fsp3) is 0.625. The van der Waals surface area contributed by atoms with Gasteiger partial charge in [-0.15, -0.1) is 0 Å². The lowest BCUT2D eigenvalue weighted by atomic mass is 9.99. The Kier molecular flexibility index (Phi) is 3.94. The molecule has 0 aromatic heterocycles. The van der Waals surface area contributed by atoms with Gasteiger partial charge in [-0.25, -0.2) is 4.39 Å². The van der Waals surface area contributed by atoms with Crippen LogP contribution in [0.25, 0.3) is 0 Å². The molecule has 1 aromatic rings. The van der Waals surface area contributed by atoms with E-state index in [-0.39, 0.29) is 11.9 Å². The van der Waals surface area contributed by atoms with E-state index >= 15 is 0 Å². The number of halogens is 1. The van der Waals surface area contributed by atoms with Gasteiger partial charge < -0.3 is 10.5 Å². The Balaban J connectivity index is 1.82. The van der Waals surface area contributed by atoms with Crippen molar-refractivity contribution in [3.05, 3.63) is 29.6 Å². The number of nitrogens with zero attached hydrogens (tertiary/aromatic N) is 1. The molecule has 0 radical (unpaired) electrons. The monoisotopic (exact) mass is 278 g/mol. The van der Waals surface area contributed by atoms with Crippen LogP contribution in [-0.4, -0.2) is 31.6 Å². The molecule has 2 atom stereocenters. The summed E-state index contributed by atoms with van der Waals surface area (Å²) >= 11 is 0. The van der Waals surface area contributed by atoms with E-state index < -0.39 is 0 Å². The highest BCUT2D eigenvalue weighted by molar-refractivity contribution is 5.38. The number of benzene rings is 1. The van der Waals surface area contributed by atoms with Crippen molar-refractivity contribution in [1.29, 1.82) is 0 Å². The van der Waals surface area contributed by atoms with Crippen LogP contribution in [0.1, 0.15) is 30.9 Å². The van der Waals surface area contributed by atoms with Crippen LogP contribution in [0.2, 0.25) is 0 Å². The molecule has 2 N–H and O–H groups in total. The molecule has 4 heteroatoms. The van der Waals surface area contributed by atoms with E-state index in [1.807, 2.05) is 6.07 Å². The van der Waals surface area contributed by atoms with Crippen LogP contribution in [0.3, 0.4) is 0 Å². The molecule has 2 unspecified atom stereocenters. The van der Waals surface area contributed by atoms with Crippen molar-refractivity contribution in [1.82, 2.24) is 4.90 Å². The lowest BCUT2D eigenvalue weighted by Gasteiger charge is -2.22. The van der Waals surface area contributed by atoms with Crippen LogP contribution in [0.5, 0.6) is 5.75 Å². The Labute approximate surface area is 119 Å². The molecule has 20 heavy (non-hydrogen) atoms. The van der Waals surface area contributed by atoms with E-state index in [0.29, 0.717) is 30.7 Å². The zero-order valence-electron chi connectivity index (χ0n) is 12.0. The Morgan fingerprint density at radius 2 is 2.15 bits per heavy atom. The molecule has 1 heterocycles. The van der Waals surface area contributed by atoms with Crippen LogP contribution in [0, 0.1) is 17.7 Å². The van der Waals surface area contributed by atoms with Gasteiger partial charge in [0.15, 0.2) is 11.6 Å². The van der Waals surface area contributed by atoms with Gasteiger partial charge >= 0.3 is 0 Å². The minimum Gasteiger partial charge on any atom is -0.490 e. The van der Waals surface area contributed by atoms with Crippen molar-refractivity contribution >= 4 is 0 Å². The maximum atomic E-state index is 14.1. The van der Waals surface area contributed by atoms with Crippen molar-refractivity contribution < 1.29 is 9.13 Å². The predicted octanol–water partition coefficient (Wildman–Crippen LogP) is 2.57. The molecule has 2 fully saturated rings. The molecule has 0 spiro atoms. The maximum Gasteiger partial charge on any atom is 0.165 e. The van der Waals surface area contributed by atoms with Crippen LogP contribution >= 0.6 is 0 Å². The molecule has 3 rings (SSSR count). The van der Waals surface area contributed by atoms with E-state index in [4.69, 9.17) is 10.5 Å². The van der Waals surface area contributed by atoms with Gasteiger partial charge in [0.25, 0.3) is 0 Å². The SMILES string of the molecule is CN1CC(CN)CC1c1cccc(F)c1OCC1CC1. The number of rotatable bonds is 5. The fourth-order valence-corrected chi connectivity index (χ4v) is 3.07. The summed E-state index contributed by atoms with van der Waals surface area (Å²) in [5.74, 6) is 1.33. The molecule has 1 saturated carbocycles. The largest absolute Gasteiger partial charge is 0.490 e. The van der Waals surface area contributed by atoms with Gasteiger partial charge in [0.1, 0.15) is 0 Å². The van der Waals surface area contributed by atoms with Crippen molar-refractivity contribution in [2.45, 2.75) is 25.3 Å². The zero-order chi connectivity index (χ0) is 14.1. The van der Waals surface area contributed by atoms with Crippen LogP contribution in [0.15, 0.2) is 18.2 Å². The summed E-state index contributed by atoms with van der Waals surface area (Å²) in [4.78, 5) is 2.26. The highest BCUT2D eigenvalue weighted by Crippen LogP contribution is 2.40. The Bertz CT molecular complexity index is 476. The number of likely N-dealkylation sites (tertiary alicyclic amines) is 1. The molecule has 2 aliphatic rings. The number of nitrogens with two attached hydrogens (primary N) is 1.